The highest BCUT2D eigenvalue weighted by Crippen LogP contribution is 2.41. The highest BCUT2D eigenvalue weighted by Gasteiger charge is 2.42. The Morgan fingerprint density at radius 2 is 1.95 bits per heavy atom. The van der Waals surface area contributed by atoms with Crippen LogP contribution in [0.15, 0.2) is 46.9 Å². The van der Waals surface area contributed by atoms with Crippen LogP contribution in [0.2, 0.25) is 0 Å². The average molecular weight is 359 g/mol. The van der Waals surface area contributed by atoms with Gasteiger partial charge in [0.05, 0.1) is 10.0 Å². The summed E-state index contributed by atoms with van der Waals surface area (Å²) in [6.45, 7) is 0. The summed E-state index contributed by atoms with van der Waals surface area (Å²) in [4.78, 5) is 14.8. The number of amides is 1. The Balaban J connectivity index is 1.80. The highest BCUT2D eigenvalue weighted by atomic mass is 79.9. The van der Waals surface area contributed by atoms with Gasteiger partial charge in [-0.15, -0.1) is 0 Å². The molecule has 1 fully saturated rings. The number of phenolic OH excluding ortho intramolecular Hbond substituents is 1. The first-order valence-corrected chi connectivity index (χ1v) is 8.11. The van der Waals surface area contributed by atoms with Crippen molar-refractivity contribution in [2.75, 3.05) is 5.32 Å². The minimum absolute atomic E-state index is 0.0750. The molecule has 112 valence electrons. The fourth-order valence-corrected chi connectivity index (χ4v) is 3.33. The van der Waals surface area contributed by atoms with E-state index in [9.17, 15) is 9.90 Å². The van der Waals surface area contributed by atoms with Crippen LogP contribution in [0.1, 0.15) is 34.9 Å². The van der Waals surface area contributed by atoms with Crippen LogP contribution in [0.3, 0.4) is 0 Å². The van der Waals surface area contributed by atoms with E-state index in [2.05, 4.69) is 21.2 Å². The molecule has 0 spiro atoms. The lowest BCUT2D eigenvalue weighted by molar-refractivity contribution is 0.0666. The third kappa shape index (κ3) is 2.16. The number of halogens is 1. The van der Waals surface area contributed by atoms with Crippen molar-refractivity contribution in [2.45, 2.75) is 25.0 Å². The van der Waals surface area contributed by atoms with Gasteiger partial charge in [0.2, 0.25) is 0 Å². The fraction of sp³-hybridized carbons (Fsp3) is 0.235. The van der Waals surface area contributed by atoms with E-state index < -0.39 is 0 Å². The van der Waals surface area contributed by atoms with E-state index in [1.807, 2.05) is 41.3 Å². The molecule has 1 amide bonds. The lowest BCUT2D eigenvalue weighted by atomic mass is 10.0. The zero-order valence-electron chi connectivity index (χ0n) is 11.8. The SMILES string of the molecule is O=C1c2ccccc2N[C@@H](c2ccc(O)c(Br)c2)N1C1CC1. The topological polar surface area (TPSA) is 52.6 Å². The van der Waals surface area contributed by atoms with Crippen LogP contribution >= 0.6 is 15.9 Å². The molecule has 2 N–H and O–H groups in total. The molecule has 0 saturated heterocycles. The summed E-state index contributed by atoms with van der Waals surface area (Å²) in [5.74, 6) is 0.273. The molecule has 1 atom stereocenters. The molecule has 2 aliphatic rings. The molecule has 1 heterocycles. The van der Waals surface area contributed by atoms with Gasteiger partial charge in [0, 0.05) is 11.7 Å². The lowest BCUT2D eigenvalue weighted by Crippen LogP contribution is -2.44. The molecular weight excluding hydrogens is 344 g/mol. The summed E-state index contributed by atoms with van der Waals surface area (Å²) in [6, 6.07) is 13.3. The third-order valence-electron chi connectivity index (χ3n) is 4.19. The number of benzene rings is 2. The molecule has 1 saturated carbocycles. The molecule has 2 aromatic rings. The first-order chi connectivity index (χ1) is 10.6. The van der Waals surface area contributed by atoms with Crippen molar-refractivity contribution in [3.05, 3.63) is 58.1 Å². The van der Waals surface area contributed by atoms with E-state index in [1.165, 1.54) is 0 Å². The lowest BCUT2D eigenvalue weighted by Gasteiger charge is -2.38. The minimum atomic E-state index is -0.202. The molecule has 4 rings (SSSR count). The van der Waals surface area contributed by atoms with Crippen LogP contribution in [0.4, 0.5) is 5.69 Å². The van der Waals surface area contributed by atoms with Crippen molar-refractivity contribution in [2.24, 2.45) is 0 Å². The van der Waals surface area contributed by atoms with E-state index >= 15 is 0 Å². The van der Waals surface area contributed by atoms with Gasteiger partial charge < -0.3 is 15.3 Å². The van der Waals surface area contributed by atoms with Crippen molar-refractivity contribution in [1.82, 2.24) is 4.90 Å². The maximum Gasteiger partial charge on any atom is 0.258 e. The van der Waals surface area contributed by atoms with Gasteiger partial charge in [-0.25, -0.2) is 0 Å². The summed E-state index contributed by atoms with van der Waals surface area (Å²) in [6.07, 6.45) is 1.89. The van der Waals surface area contributed by atoms with Crippen molar-refractivity contribution in [3.63, 3.8) is 0 Å². The zero-order chi connectivity index (χ0) is 15.3. The highest BCUT2D eigenvalue weighted by molar-refractivity contribution is 9.10. The van der Waals surface area contributed by atoms with Gasteiger partial charge in [0.1, 0.15) is 11.9 Å². The Morgan fingerprint density at radius 3 is 2.68 bits per heavy atom. The summed E-state index contributed by atoms with van der Waals surface area (Å²) < 4.78 is 0.633. The maximum atomic E-state index is 12.9. The number of aromatic hydroxyl groups is 1. The molecular formula is C17H15BrN2O2. The summed E-state index contributed by atoms with van der Waals surface area (Å²) in [5, 5.41) is 13.2. The largest absolute Gasteiger partial charge is 0.507 e. The van der Waals surface area contributed by atoms with E-state index in [0.29, 0.717) is 10.5 Å². The van der Waals surface area contributed by atoms with Crippen molar-refractivity contribution >= 4 is 27.5 Å². The van der Waals surface area contributed by atoms with Crippen LogP contribution in [0.25, 0.3) is 0 Å². The molecule has 0 radical (unpaired) electrons. The van der Waals surface area contributed by atoms with Crippen LogP contribution in [-0.2, 0) is 0 Å². The smallest absolute Gasteiger partial charge is 0.258 e. The Labute approximate surface area is 136 Å². The molecule has 0 unspecified atom stereocenters. The number of nitrogens with zero attached hydrogens (tertiary/aromatic N) is 1. The quantitative estimate of drug-likeness (QED) is 0.856. The number of fused-ring (bicyclic) bond motifs is 1. The molecule has 4 nitrogen and oxygen atoms in total. The van der Waals surface area contributed by atoms with Gasteiger partial charge in [-0.05, 0) is 58.6 Å². The second kappa shape index (κ2) is 5.02. The van der Waals surface area contributed by atoms with Crippen molar-refractivity contribution in [3.8, 4) is 5.75 Å². The standard InChI is InChI=1S/C17H15BrN2O2/c18-13-9-10(5-8-15(13)21)16-19-14-4-2-1-3-12(14)17(22)20(16)11-6-7-11/h1-5,8-9,11,16,19,21H,6-7H2/t16-/m1/s1. The molecule has 5 heteroatoms. The van der Waals surface area contributed by atoms with E-state index in [-0.39, 0.29) is 17.8 Å². The van der Waals surface area contributed by atoms with E-state index in [0.717, 1.165) is 29.7 Å². The third-order valence-corrected chi connectivity index (χ3v) is 4.83. The predicted molar refractivity (Wildman–Crippen MR) is 87.8 cm³/mol. The number of para-hydroxylation sites is 1. The Bertz CT molecular complexity index is 758. The number of phenols is 1. The van der Waals surface area contributed by atoms with Crippen LogP contribution < -0.4 is 5.32 Å². The number of anilines is 1. The van der Waals surface area contributed by atoms with Crippen LogP contribution in [0.5, 0.6) is 5.75 Å². The van der Waals surface area contributed by atoms with Gasteiger partial charge in [0.15, 0.2) is 0 Å². The predicted octanol–water partition coefficient (Wildman–Crippen LogP) is 3.88. The summed E-state index contributed by atoms with van der Waals surface area (Å²) >= 11 is 3.35. The minimum Gasteiger partial charge on any atom is -0.507 e. The number of hydrogen-bond acceptors (Lipinski definition) is 3. The Morgan fingerprint density at radius 1 is 1.18 bits per heavy atom. The Hall–Kier alpha value is -2.01. The van der Waals surface area contributed by atoms with Gasteiger partial charge >= 0.3 is 0 Å². The van der Waals surface area contributed by atoms with Gasteiger partial charge in [-0.3, -0.25) is 4.79 Å². The Kier molecular flexibility index (Phi) is 3.11. The van der Waals surface area contributed by atoms with E-state index in [4.69, 9.17) is 0 Å². The first-order valence-electron chi connectivity index (χ1n) is 7.32. The number of nitrogens with one attached hydrogen (secondary N) is 1. The second-order valence-corrected chi connectivity index (χ2v) is 6.60. The molecule has 22 heavy (non-hydrogen) atoms. The summed E-state index contributed by atoms with van der Waals surface area (Å²) in [5.41, 5.74) is 2.54. The molecule has 1 aliphatic carbocycles. The number of rotatable bonds is 2. The number of carbonyl (C=O) groups excluding carboxylic acids is 1. The van der Waals surface area contributed by atoms with Crippen molar-refractivity contribution in [1.29, 1.82) is 0 Å². The summed E-state index contributed by atoms with van der Waals surface area (Å²) in [7, 11) is 0. The zero-order valence-corrected chi connectivity index (χ0v) is 13.4. The van der Waals surface area contributed by atoms with Gasteiger partial charge in [0.25, 0.3) is 5.91 Å². The molecule has 0 bridgehead atoms. The normalized spacial score (nSPS) is 20.5. The van der Waals surface area contributed by atoms with Crippen LogP contribution in [-0.4, -0.2) is 22.0 Å². The van der Waals surface area contributed by atoms with Gasteiger partial charge in [-0.2, -0.15) is 0 Å². The number of hydrogen-bond donors (Lipinski definition) is 2. The molecule has 1 aliphatic heterocycles. The molecule has 0 aromatic heterocycles. The monoisotopic (exact) mass is 358 g/mol. The van der Waals surface area contributed by atoms with E-state index in [1.54, 1.807) is 6.07 Å². The first kappa shape index (κ1) is 13.6. The van der Waals surface area contributed by atoms with Crippen LogP contribution in [0, 0.1) is 0 Å². The van der Waals surface area contributed by atoms with Crippen molar-refractivity contribution < 1.29 is 9.90 Å². The average Bonchev–Trinajstić information content (AvgIpc) is 3.34. The second-order valence-electron chi connectivity index (χ2n) is 5.75. The maximum absolute atomic E-state index is 12.9. The van der Waals surface area contributed by atoms with Gasteiger partial charge in [-0.1, -0.05) is 18.2 Å². The fourth-order valence-electron chi connectivity index (χ4n) is 2.94. The molecule has 2 aromatic carbocycles. The number of carbonyl (C=O) groups is 1.